The molecule has 0 aliphatic carbocycles. The maximum absolute atomic E-state index is 13.3. The highest BCUT2D eigenvalue weighted by molar-refractivity contribution is 6.17. The Balaban J connectivity index is 1.81. The van der Waals surface area contributed by atoms with E-state index in [1.807, 2.05) is 36.4 Å². The van der Waals surface area contributed by atoms with E-state index in [-0.39, 0.29) is 23.5 Å². The molecule has 0 saturated carbocycles. The van der Waals surface area contributed by atoms with Crippen LogP contribution in [0, 0.1) is 0 Å². The second-order valence-electron chi connectivity index (χ2n) is 6.65. The van der Waals surface area contributed by atoms with E-state index in [9.17, 15) is 18.0 Å². The van der Waals surface area contributed by atoms with Crippen molar-refractivity contribution in [1.29, 1.82) is 0 Å². The number of methoxy groups -OCH3 is 1. The summed E-state index contributed by atoms with van der Waals surface area (Å²) >= 11 is 0. The van der Waals surface area contributed by atoms with Crippen LogP contribution < -0.4 is 10.1 Å². The highest BCUT2D eigenvalue weighted by atomic mass is 19.4. The van der Waals surface area contributed by atoms with Crippen LogP contribution in [-0.2, 0) is 11.0 Å². The van der Waals surface area contributed by atoms with Gasteiger partial charge in [0.2, 0.25) is 5.91 Å². The average molecular weight is 411 g/mol. The second kappa shape index (κ2) is 7.62. The lowest BCUT2D eigenvalue weighted by Gasteiger charge is -2.15. The van der Waals surface area contributed by atoms with Crippen molar-refractivity contribution in [3.63, 3.8) is 0 Å². The standard InChI is InChI=1S/C22H16F3N3O2/c1-30-20-11-19-18(10-15(20)22(23,24)25)28-21(29)12-17(27-19)14-6-4-5-13(9-14)16-7-2-3-8-26-16/h2-11H,12H2,1H3,(H,28,29). The molecule has 0 unspecified atom stereocenters. The number of aliphatic imine (C=N–C) groups is 1. The zero-order valence-corrected chi connectivity index (χ0v) is 15.8. The van der Waals surface area contributed by atoms with Gasteiger partial charge in [0.15, 0.2) is 0 Å². The molecule has 3 aromatic rings. The monoisotopic (exact) mass is 411 g/mol. The van der Waals surface area contributed by atoms with E-state index >= 15 is 0 Å². The van der Waals surface area contributed by atoms with Crippen LogP contribution in [0.4, 0.5) is 24.5 Å². The first kappa shape index (κ1) is 19.6. The number of rotatable bonds is 3. The summed E-state index contributed by atoms with van der Waals surface area (Å²) in [7, 11) is 1.16. The molecule has 152 valence electrons. The van der Waals surface area contributed by atoms with Gasteiger partial charge in [0.05, 0.1) is 41.9 Å². The van der Waals surface area contributed by atoms with Gasteiger partial charge in [-0.3, -0.25) is 9.78 Å². The number of halogens is 3. The minimum atomic E-state index is -4.62. The first-order valence-electron chi connectivity index (χ1n) is 9.03. The van der Waals surface area contributed by atoms with Crippen LogP contribution in [0.5, 0.6) is 5.75 Å². The van der Waals surface area contributed by atoms with Gasteiger partial charge in [0.1, 0.15) is 5.75 Å². The third kappa shape index (κ3) is 3.89. The van der Waals surface area contributed by atoms with Gasteiger partial charge in [-0.15, -0.1) is 0 Å². The second-order valence-corrected chi connectivity index (χ2v) is 6.65. The molecule has 1 aromatic heterocycles. The number of alkyl halides is 3. The number of nitrogens with zero attached hydrogens (tertiary/aromatic N) is 2. The topological polar surface area (TPSA) is 63.6 Å². The number of aromatic nitrogens is 1. The van der Waals surface area contributed by atoms with Crippen LogP contribution in [-0.4, -0.2) is 23.7 Å². The van der Waals surface area contributed by atoms with E-state index in [1.165, 1.54) is 6.07 Å². The highest BCUT2D eigenvalue weighted by Crippen LogP contribution is 2.43. The van der Waals surface area contributed by atoms with Crippen molar-refractivity contribution in [1.82, 2.24) is 4.98 Å². The van der Waals surface area contributed by atoms with Crippen molar-refractivity contribution in [2.45, 2.75) is 12.6 Å². The van der Waals surface area contributed by atoms with Crippen LogP contribution in [0.15, 0.2) is 65.8 Å². The first-order chi connectivity index (χ1) is 14.3. The number of hydrogen-bond donors (Lipinski definition) is 1. The van der Waals surface area contributed by atoms with Crippen molar-refractivity contribution < 1.29 is 22.7 Å². The molecule has 8 heteroatoms. The summed E-state index contributed by atoms with van der Waals surface area (Å²) < 4.78 is 44.9. The van der Waals surface area contributed by atoms with Gasteiger partial charge in [-0.1, -0.05) is 24.3 Å². The number of carbonyl (C=O) groups excluding carboxylic acids is 1. The molecule has 1 aliphatic rings. The van der Waals surface area contributed by atoms with Crippen LogP contribution in [0.1, 0.15) is 17.5 Å². The third-order valence-electron chi connectivity index (χ3n) is 4.64. The molecule has 0 bridgehead atoms. The molecule has 1 amide bonds. The van der Waals surface area contributed by atoms with Crippen molar-refractivity contribution in [3.05, 3.63) is 71.9 Å². The molecule has 2 aromatic carbocycles. The summed E-state index contributed by atoms with van der Waals surface area (Å²) in [6.45, 7) is 0. The predicted octanol–water partition coefficient (Wildman–Crippen LogP) is 5.24. The van der Waals surface area contributed by atoms with Gasteiger partial charge in [0.25, 0.3) is 0 Å². The van der Waals surface area contributed by atoms with Crippen LogP contribution in [0.25, 0.3) is 11.3 Å². The molecule has 2 heterocycles. The fourth-order valence-corrected chi connectivity index (χ4v) is 3.24. The van der Waals surface area contributed by atoms with E-state index in [0.717, 1.165) is 24.4 Å². The Labute approximate surface area is 170 Å². The summed E-state index contributed by atoms with van der Waals surface area (Å²) in [5, 5.41) is 2.51. The van der Waals surface area contributed by atoms with Crippen molar-refractivity contribution in [2.75, 3.05) is 12.4 Å². The van der Waals surface area contributed by atoms with Crippen LogP contribution >= 0.6 is 0 Å². The van der Waals surface area contributed by atoms with E-state index in [1.54, 1.807) is 12.3 Å². The lowest BCUT2D eigenvalue weighted by molar-refractivity contribution is -0.138. The number of ether oxygens (including phenoxy) is 1. The molecular weight excluding hydrogens is 395 g/mol. The molecule has 4 rings (SSSR count). The Morgan fingerprint density at radius 3 is 2.53 bits per heavy atom. The van der Waals surface area contributed by atoms with E-state index in [4.69, 9.17) is 4.74 Å². The summed E-state index contributed by atoms with van der Waals surface area (Å²) in [4.78, 5) is 21.2. The van der Waals surface area contributed by atoms with Gasteiger partial charge >= 0.3 is 6.18 Å². The summed E-state index contributed by atoms with van der Waals surface area (Å²) in [5.74, 6) is -0.809. The minimum Gasteiger partial charge on any atom is -0.496 e. The summed E-state index contributed by atoms with van der Waals surface area (Å²) in [6, 6.07) is 14.9. The summed E-state index contributed by atoms with van der Waals surface area (Å²) in [6.07, 6.45) is -3.02. The normalized spacial score (nSPS) is 13.7. The lowest BCUT2D eigenvalue weighted by atomic mass is 10.0. The number of carbonyl (C=O) groups is 1. The minimum absolute atomic E-state index is 0.0102. The predicted molar refractivity (Wildman–Crippen MR) is 107 cm³/mol. The Morgan fingerprint density at radius 1 is 1.03 bits per heavy atom. The number of benzene rings is 2. The van der Waals surface area contributed by atoms with Crippen molar-refractivity contribution in [3.8, 4) is 17.0 Å². The van der Waals surface area contributed by atoms with Crippen LogP contribution in [0.2, 0.25) is 0 Å². The first-order valence-corrected chi connectivity index (χ1v) is 9.03. The fourth-order valence-electron chi connectivity index (χ4n) is 3.24. The molecule has 1 aliphatic heterocycles. The van der Waals surface area contributed by atoms with E-state index in [2.05, 4.69) is 15.3 Å². The summed E-state index contributed by atoms with van der Waals surface area (Å²) in [5.41, 5.74) is 1.93. The molecule has 0 atom stereocenters. The van der Waals surface area contributed by atoms with Gasteiger partial charge in [-0.25, -0.2) is 4.99 Å². The molecule has 5 nitrogen and oxygen atoms in total. The van der Waals surface area contributed by atoms with Gasteiger partial charge < -0.3 is 10.1 Å². The maximum atomic E-state index is 13.3. The molecule has 0 radical (unpaired) electrons. The van der Waals surface area contributed by atoms with E-state index < -0.39 is 17.6 Å². The Kier molecular flexibility index (Phi) is 4.99. The molecular formula is C22H16F3N3O2. The fraction of sp³-hybridized carbons (Fsp3) is 0.136. The number of nitrogens with one attached hydrogen (secondary N) is 1. The zero-order chi connectivity index (χ0) is 21.3. The molecule has 1 N–H and O–H groups in total. The Bertz CT molecular complexity index is 1140. The number of fused-ring (bicyclic) bond motifs is 1. The Hall–Kier alpha value is -3.68. The molecule has 0 spiro atoms. The van der Waals surface area contributed by atoms with Crippen LogP contribution in [0.3, 0.4) is 0 Å². The number of amides is 1. The van der Waals surface area contributed by atoms with Gasteiger partial charge in [-0.05, 0) is 29.8 Å². The molecule has 30 heavy (non-hydrogen) atoms. The average Bonchev–Trinajstić information content (AvgIpc) is 2.90. The van der Waals surface area contributed by atoms with Crippen molar-refractivity contribution in [2.24, 2.45) is 4.99 Å². The molecule has 0 fully saturated rings. The third-order valence-corrected chi connectivity index (χ3v) is 4.64. The van der Waals surface area contributed by atoms with Crippen molar-refractivity contribution >= 4 is 23.0 Å². The van der Waals surface area contributed by atoms with Gasteiger partial charge in [0, 0.05) is 17.8 Å². The number of anilines is 1. The SMILES string of the molecule is COc1cc2c(cc1C(F)(F)F)NC(=O)CC(c1cccc(-c3ccccn3)c1)=N2. The quantitative estimate of drug-likeness (QED) is 0.641. The lowest BCUT2D eigenvalue weighted by Crippen LogP contribution is -2.15. The number of hydrogen-bond acceptors (Lipinski definition) is 4. The molecule has 0 saturated heterocycles. The largest absolute Gasteiger partial charge is 0.496 e. The zero-order valence-electron chi connectivity index (χ0n) is 15.8. The van der Waals surface area contributed by atoms with E-state index in [0.29, 0.717) is 11.3 Å². The maximum Gasteiger partial charge on any atom is 0.420 e. The van der Waals surface area contributed by atoms with Gasteiger partial charge in [-0.2, -0.15) is 13.2 Å². The number of pyridine rings is 1. The highest BCUT2D eigenvalue weighted by Gasteiger charge is 2.36. The smallest absolute Gasteiger partial charge is 0.420 e. The Morgan fingerprint density at radius 2 is 1.83 bits per heavy atom.